The number of hydrogen-bond donors (Lipinski definition) is 7. The van der Waals surface area contributed by atoms with Gasteiger partial charge in [-0.05, 0) is 96.3 Å². The summed E-state index contributed by atoms with van der Waals surface area (Å²) in [6.07, 6.45) is 49.0. The van der Waals surface area contributed by atoms with Crippen LogP contribution in [0.4, 0.5) is 0 Å². The molecule has 0 amide bonds. The zero-order valence-electron chi connectivity index (χ0n) is 47.4. The van der Waals surface area contributed by atoms with Gasteiger partial charge in [0.05, 0.1) is 26.4 Å². The molecule has 2 aliphatic heterocycles. The van der Waals surface area contributed by atoms with Crippen LogP contribution in [0.1, 0.15) is 194 Å². The summed E-state index contributed by atoms with van der Waals surface area (Å²) < 4.78 is 34.3. The van der Waals surface area contributed by atoms with Gasteiger partial charge in [0.15, 0.2) is 12.6 Å². The van der Waals surface area contributed by atoms with Gasteiger partial charge in [0.2, 0.25) is 0 Å². The maximum atomic E-state index is 13.1. The molecule has 2 heterocycles. The highest BCUT2D eigenvalue weighted by Gasteiger charge is 2.47. The third-order valence-electron chi connectivity index (χ3n) is 13.6. The first-order valence-corrected chi connectivity index (χ1v) is 29.8. The molecule has 2 saturated heterocycles. The summed E-state index contributed by atoms with van der Waals surface area (Å²) in [4.78, 5) is 13.1. The van der Waals surface area contributed by atoms with Gasteiger partial charge in [-0.3, -0.25) is 4.79 Å². The van der Waals surface area contributed by atoms with Crippen LogP contribution in [-0.2, 0) is 33.2 Å². The van der Waals surface area contributed by atoms with Crippen LogP contribution in [0.5, 0.6) is 0 Å². The molecule has 0 aromatic rings. The Bertz CT molecular complexity index is 1640. The molecule has 442 valence electrons. The van der Waals surface area contributed by atoms with Gasteiger partial charge >= 0.3 is 5.97 Å². The van der Waals surface area contributed by atoms with E-state index >= 15 is 0 Å². The number of carbonyl (C=O) groups excluding carboxylic acids is 1. The van der Waals surface area contributed by atoms with Gasteiger partial charge in [0.1, 0.15) is 54.9 Å². The molecule has 0 aromatic carbocycles. The van der Waals surface area contributed by atoms with E-state index in [2.05, 4.69) is 111 Å². The fourth-order valence-corrected chi connectivity index (χ4v) is 8.79. The molecule has 11 unspecified atom stereocenters. The molecule has 2 aliphatic rings. The highest BCUT2D eigenvalue weighted by atomic mass is 16.7. The predicted octanol–water partition coefficient (Wildman–Crippen LogP) is 11.0. The van der Waals surface area contributed by atoms with Crippen LogP contribution in [0.15, 0.2) is 97.2 Å². The molecule has 14 nitrogen and oxygen atoms in total. The molecular formula is C63H106O14. The zero-order chi connectivity index (χ0) is 55.8. The lowest BCUT2D eigenvalue weighted by molar-refractivity contribution is -0.332. The second-order valence-electron chi connectivity index (χ2n) is 20.4. The normalized spacial score (nSPS) is 25.0. The number of rotatable bonds is 47. The highest BCUT2D eigenvalue weighted by molar-refractivity contribution is 5.69. The van der Waals surface area contributed by atoms with Crippen LogP contribution in [-0.4, -0.2) is 142 Å². The van der Waals surface area contributed by atoms with Crippen molar-refractivity contribution in [3.05, 3.63) is 97.2 Å². The number of carbonyl (C=O) groups is 1. The van der Waals surface area contributed by atoms with Crippen LogP contribution in [0.3, 0.4) is 0 Å². The van der Waals surface area contributed by atoms with E-state index < -0.39 is 86.7 Å². The summed E-state index contributed by atoms with van der Waals surface area (Å²) in [6.45, 7) is 3.44. The predicted molar refractivity (Wildman–Crippen MR) is 307 cm³/mol. The van der Waals surface area contributed by atoms with Crippen LogP contribution in [0.25, 0.3) is 0 Å². The lowest BCUT2D eigenvalue weighted by Crippen LogP contribution is -2.61. The molecule has 0 radical (unpaired) electrons. The van der Waals surface area contributed by atoms with Crippen molar-refractivity contribution in [1.82, 2.24) is 0 Å². The molecule has 14 heteroatoms. The third-order valence-corrected chi connectivity index (χ3v) is 13.6. The van der Waals surface area contributed by atoms with Gasteiger partial charge < -0.3 is 64.2 Å². The molecule has 0 saturated carbocycles. The summed E-state index contributed by atoms with van der Waals surface area (Å²) in [7, 11) is 0. The van der Waals surface area contributed by atoms with E-state index in [0.29, 0.717) is 13.0 Å². The van der Waals surface area contributed by atoms with E-state index in [-0.39, 0.29) is 19.6 Å². The van der Waals surface area contributed by atoms with Crippen molar-refractivity contribution in [3.8, 4) is 0 Å². The zero-order valence-corrected chi connectivity index (χ0v) is 47.4. The Balaban J connectivity index is 1.72. The van der Waals surface area contributed by atoms with E-state index in [9.17, 15) is 40.5 Å². The average Bonchev–Trinajstić information content (AvgIpc) is 3.43. The Morgan fingerprint density at radius 1 is 0.442 bits per heavy atom. The van der Waals surface area contributed by atoms with Crippen molar-refractivity contribution in [2.24, 2.45) is 0 Å². The van der Waals surface area contributed by atoms with Crippen molar-refractivity contribution in [2.75, 3.05) is 33.0 Å². The molecule has 2 fully saturated rings. The molecule has 0 aliphatic carbocycles. The molecule has 0 aromatic heterocycles. The summed E-state index contributed by atoms with van der Waals surface area (Å²) >= 11 is 0. The number of hydrogen-bond acceptors (Lipinski definition) is 14. The number of unbranched alkanes of at least 4 members (excludes halogenated alkanes) is 17. The van der Waals surface area contributed by atoms with Crippen LogP contribution in [0.2, 0.25) is 0 Å². The Morgan fingerprint density at radius 3 is 1.32 bits per heavy atom. The monoisotopic (exact) mass is 1090 g/mol. The maximum Gasteiger partial charge on any atom is 0.306 e. The van der Waals surface area contributed by atoms with E-state index in [1.165, 1.54) is 77.0 Å². The SMILES string of the molecule is CC/C=C\C/C=C\C/C=C\C/C=C\C/C=C\CCCCOCC(COC1OC(COC2OC(CO)C(O)C(O)C2O)C(O)C(O)C1O)OC(=O)CCCCCCCCCCCC/C=C\C/C=C\C/C=C\CCCCCCC. The van der Waals surface area contributed by atoms with Gasteiger partial charge in [-0.2, -0.15) is 0 Å². The van der Waals surface area contributed by atoms with Crippen molar-refractivity contribution >= 4 is 5.97 Å². The first-order valence-electron chi connectivity index (χ1n) is 29.8. The minimum atomic E-state index is -1.72. The Kier molecular flexibility index (Phi) is 44.4. The summed E-state index contributed by atoms with van der Waals surface area (Å²) in [5.74, 6) is -0.398. The van der Waals surface area contributed by atoms with Crippen LogP contribution < -0.4 is 0 Å². The minimum absolute atomic E-state index is 0.0248. The fourth-order valence-electron chi connectivity index (χ4n) is 8.79. The van der Waals surface area contributed by atoms with Crippen molar-refractivity contribution in [3.63, 3.8) is 0 Å². The van der Waals surface area contributed by atoms with Gasteiger partial charge in [-0.25, -0.2) is 0 Å². The van der Waals surface area contributed by atoms with Crippen molar-refractivity contribution in [2.45, 2.75) is 261 Å². The lowest BCUT2D eigenvalue weighted by atomic mass is 9.98. The molecule has 11 atom stereocenters. The number of aliphatic hydroxyl groups excluding tert-OH is 7. The number of aliphatic hydroxyl groups is 7. The smallest absolute Gasteiger partial charge is 0.306 e. The first-order chi connectivity index (χ1) is 37.6. The molecule has 0 bridgehead atoms. The van der Waals surface area contributed by atoms with E-state index in [0.717, 1.165) is 89.9 Å². The molecule has 2 rings (SSSR count). The second-order valence-corrected chi connectivity index (χ2v) is 20.4. The Labute approximate surface area is 464 Å². The van der Waals surface area contributed by atoms with Gasteiger partial charge in [-0.1, -0.05) is 188 Å². The fraction of sp³-hybridized carbons (Fsp3) is 0.730. The highest BCUT2D eigenvalue weighted by Crippen LogP contribution is 2.26. The number of ether oxygens (including phenoxy) is 6. The molecule has 77 heavy (non-hydrogen) atoms. The maximum absolute atomic E-state index is 13.1. The number of allylic oxidation sites excluding steroid dienone is 16. The Hall–Kier alpha value is -3.09. The van der Waals surface area contributed by atoms with Gasteiger partial charge in [0, 0.05) is 13.0 Å². The van der Waals surface area contributed by atoms with Crippen molar-refractivity contribution < 1.29 is 69.0 Å². The molecule has 7 N–H and O–H groups in total. The molecule has 0 spiro atoms. The standard InChI is InChI=1S/C63H106O14/c1-3-5-7-9-11-13-15-17-19-21-23-24-25-26-27-28-29-30-32-34-36-38-40-42-44-46-55(65)75-52(49-72-47-45-43-41-39-37-35-33-31-22-20-18-16-14-12-10-8-6-4-2)50-73-62-61(71)59(69)57(67)54(77-62)51-74-63-60(70)58(68)56(66)53(48-64)76-63/h6,8,12,14-15,17-18,20-21,23,25-26,31,33,37,39,52-54,56-64,66-71H,3-5,7,9-11,13,16,19,22,24,27-30,32,34-36,38,40-51H2,1-2H3/b8-6-,14-12-,17-15-,20-18-,23-21-,26-25-,33-31-,39-37-. The summed E-state index contributed by atoms with van der Waals surface area (Å²) in [5, 5.41) is 72.4. The van der Waals surface area contributed by atoms with Gasteiger partial charge in [-0.15, -0.1) is 0 Å². The van der Waals surface area contributed by atoms with Crippen LogP contribution >= 0.6 is 0 Å². The second kappa shape index (κ2) is 48.8. The van der Waals surface area contributed by atoms with E-state index in [4.69, 9.17) is 28.4 Å². The summed E-state index contributed by atoms with van der Waals surface area (Å²) in [5.41, 5.74) is 0. The minimum Gasteiger partial charge on any atom is -0.457 e. The van der Waals surface area contributed by atoms with E-state index in [1.54, 1.807) is 0 Å². The van der Waals surface area contributed by atoms with Crippen LogP contribution in [0, 0.1) is 0 Å². The molecular weight excluding hydrogens is 981 g/mol. The lowest BCUT2D eigenvalue weighted by Gasteiger charge is -2.42. The van der Waals surface area contributed by atoms with Gasteiger partial charge in [0.25, 0.3) is 0 Å². The topological polar surface area (TPSA) is 214 Å². The first kappa shape index (κ1) is 70.0. The average molecular weight is 1090 g/mol. The number of esters is 1. The summed E-state index contributed by atoms with van der Waals surface area (Å²) in [6, 6.07) is 0. The van der Waals surface area contributed by atoms with E-state index in [1.807, 2.05) is 0 Å². The van der Waals surface area contributed by atoms with Crippen molar-refractivity contribution in [1.29, 1.82) is 0 Å². The third kappa shape index (κ3) is 35.3. The largest absolute Gasteiger partial charge is 0.457 e. The Morgan fingerprint density at radius 2 is 0.844 bits per heavy atom. The quantitative estimate of drug-likeness (QED) is 0.0172.